The molecule has 0 aliphatic rings. The van der Waals surface area contributed by atoms with Crippen LogP contribution in [-0.4, -0.2) is 19.9 Å². The van der Waals surface area contributed by atoms with Crippen LogP contribution in [0, 0.1) is 0 Å². The molecule has 0 fully saturated rings. The van der Waals surface area contributed by atoms with Crippen molar-refractivity contribution < 1.29 is 0 Å². The zero-order chi connectivity index (χ0) is 15.7. The van der Waals surface area contributed by atoms with Gasteiger partial charge in [-0.15, -0.1) is 0 Å². The van der Waals surface area contributed by atoms with Crippen molar-refractivity contribution in [2.75, 3.05) is 16.8 Å². The maximum Gasteiger partial charge on any atom is 0.224 e. The fourth-order valence-electron chi connectivity index (χ4n) is 1.87. The van der Waals surface area contributed by atoms with E-state index in [0.29, 0.717) is 33.6 Å². The van der Waals surface area contributed by atoms with Crippen LogP contribution in [0.25, 0.3) is 11.0 Å². The first-order valence-corrected chi connectivity index (χ1v) is 7.02. The number of nitrogens with two attached hydrogens (primary N) is 2. The Balaban J connectivity index is 1.83. The number of anilines is 3. The number of aromatic nitrogens is 4. The summed E-state index contributed by atoms with van der Waals surface area (Å²) >= 11 is 11.9. The van der Waals surface area contributed by atoms with E-state index in [0.717, 1.165) is 5.56 Å². The Morgan fingerprint density at radius 1 is 1.05 bits per heavy atom. The average Bonchev–Trinajstić information content (AvgIpc) is 2.48. The molecule has 7 nitrogen and oxygen atoms in total. The molecule has 0 aliphatic heterocycles. The SMILES string of the molecule is Nc1nc(N)c2cnc(NCc3ccc(Cl)c(Cl)c3)nc2n1. The molecule has 0 bridgehead atoms. The van der Waals surface area contributed by atoms with E-state index in [2.05, 4.69) is 25.3 Å². The maximum absolute atomic E-state index is 5.97. The first-order valence-electron chi connectivity index (χ1n) is 6.26. The van der Waals surface area contributed by atoms with Crippen molar-refractivity contribution in [1.29, 1.82) is 0 Å². The number of hydrogen-bond acceptors (Lipinski definition) is 7. The molecule has 5 N–H and O–H groups in total. The summed E-state index contributed by atoms with van der Waals surface area (Å²) in [5.74, 6) is 0.716. The molecule has 0 spiro atoms. The average molecular weight is 336 g/mol. The molecule has 0 aliphatic carbocycles. The van der Waals surface area contributed by atoms with E-state index < -0.39 is 0 Å². The normalized spacial score (nSPS) is 10.8. The summed E-state index contributed by atoms with van der Waals surface area (Å²) in [6.07, 6.45) is 1.55. The molecular weight excluding hydrogens is 325 g/mol. The van der Waals surface area contributed by atoms with Crippen molar-refractivity contribution in [3.63, 3.8) is 0 Å². The Morgan fingerprint density at radius 2 is 1.86 bits per heavy atom. The molecule has 2 aromatic heterocycles. The zero-order valence-electron chi connectivity index (χ0n) is 11.2. The summed E-state index contributed by atoms with van der Waals surface area (Å²) in [6, 6.07) is 5.37. The molecule has 112 valence electrons. The Kier molecular flexibility index (Phi) is 3.82. The van der Waals surface area contributed by atoms with Gasteiger partial charge < -0.3 is 16.8 Å². The number of fused-ring (bicyclic) bond motifs is 1. The lowest BCUT2D eigenvalue weighted by Gasteiger charge is -2.07. The van der Waals surface area contributed by atoms with Crippen molar-refractivity contribution in [3.8, 4) is 0 Å². The summed E-state index contributed by atoms with van der Waals surface area (Å²) in [5.41, 5.74) is 12.6. The van der Waals surface area contributed by atoms with Gasteiger partial charge in [0.1, 0.15) is 5.82 Å². The smallest absolute Gasteiger partial charge is 0.224 e. The topological polar surface area (TPSA) is 116 Å². The predicted molar refractivity (Wildman–Crippen MR) is 87.7 cm³/mol. The van der Waals surface area contributed by atoms with E-state index in [-0.39, 0.29) is 11.8 Å². The van der Waals surface area contributed by atoms with Crippen LogP contribution in [0.5, 0.6) is 0 Å². The van der Waals surface area contributed by atoms with Crippen molar-refractivity contribution in [1.82, 2.24) is 19.9 Å². The molecular formula is C13H11Cl2N7. The lowest BCUT2D eigenvalue weighted by Crippen LogP contribution is -2.06. The van der Waals surface area contributed by atoms with E-state index in [1.807, 2.05) is 6.07 Å². The third-order valence-corrected chi connectivity index (χ3v) is 3.67. The van der Waals surface area contributed by atoms with Crippen LogP contribution in [0.1, 0.15) is 5.56 Å². The second-order valence-electron chi connectivity index (χ2n) is 4.50. The van der Waals surface area contributed by atoms with Gasteiger partial charge in [0.15, 0.2) is 5.65 Å². The van der Waals surface area contributed by atoms with Crippen molar-refractivity contribution in [2.24, 2.45) is 0 Å². The third kappa shape index (κ3) is 2.95. The highest BCUT2D eigenvalue weighted by Crippen LogP contribution is 2.23. The first kappa shape index (κ1) is 14.6. The summed E-state index contributed by atoms with van der Waals surface area (Å²) in [7, 11) is 0. The van der Waals surface area contributed by atoms with Crippen LogP contribution in [-0.2, 0) is 6.54 Å². The predicted octanol–water partition coefficient (Wildman–Crippen LogP) is 2.50. The van der Waals surface area contributed by atoms with Gasteiger partial charge in [0.25, 0.3) is 0 Å². The fraction of sp³-hybridized carbons (Fsp3) is 0.0769. The van der Waals surface area contributed by atoms with Gasteiger partial charge in [-0.3, -0.25) is 0 Å². The molecule has 3 aromatic rings. The Labute approximate surface area is 135 Å². The lowest BCUT2D eigenvalue weighted by atomic mass is 10.2. The third-order valence-electron chi connectivity index (χ3n) is 2.93. The van der Waals surface area contributed by atoms with Crippen LogP contribution >= 0.6 is 23.2 Å². The number of hydrogen-bond donors (Lipinski definition) is 3. The van der Waals surface area contributed by atoms with Gasteiger partial charge in [-0.25, -0.2) is 4.98 Å². The highest BCUT2D eigenvalue weighted by molar-refractivity contribution is 6.42. The Morgan fingerprint density at radius 3 is 2.64 bits per heavy atom. The number of benzene rings is 1. The Hall–Kier alpha value is -2.38. The van der Waals surface area contributed by atoms with E-state index in [1.165, 1.54) is 0 Å². The van der Waals surface area contributed by atoms with E-state index >= 15 is 0 Å². The monoisotopic (exact) mass is 335 g/mol. The summed E-state index contributed by atoms with van der Waals surface area (Å²) in [4.78, 5) is 16.3. The van der Waals surface area contributed by atoms with Crippen LogP contribution in [0.2, 0.25) is 10.0 Å². The summed E-state index contributed by atoms with van der Waals surface area (Å²) in [5, 5.41) is 4.63. The van der Waals surface area contributed by atoms with Gasteiger partial charge in [0.05, 0.1) is 15.4 Å². The second kappa shape index (κ2) is 5.78. The van der Waals surface area contributed by atoms with Gasteiger partial charge in [0, 0.05) is 12.7 Å². The maximum atomic E-state index is 5.97. The van der Waals surface area contributed by atoms with Gasteiger partial charge in [-0.05, 0) is 17.7 Å². The van der Waals surface area contributed by atoms with Crippen LogP contribution < -0.4 is 16.8 Å². The number of nitrogens with one attached hydrogen (secondary N) is 1. The van der Waals surface area contributed by atoms with Crippen molar-refractivity contribution in [2.45, 2.75) is 6.54 Å². The Bertz CT molecular complexity index is 853. The van der Waals surface area contributed by atoms with Crippen LogP contribution in [0.3, 0.4) is 0 Å². The number of nitrogen functional groups attached to an aromatic ring is 2. The van der Waals surface area contributed by atoms with E-state index in [9.17, 15) is 0 Å². The molecule has 2 heterocycles. The van der Waals surface area contributed by atoms with Gasteiger partial charge in [0.2, 0.25) is 11.9 Å². The fourth-order valence-corrected chi connectivity index (χ4v) is 2.19. The standard InChI is InChI=1S/C13H11Cl2N7/c14-8-2-1-6(3-9(8)15)4-18-13-19-5-7-10(16)20-12(17)21-11(7)22-13/h1-3,5H,4H2,(H5,16,17,18,19,20,21,22). The highest BCUT2D eigenvalue weighted by Gasteiger charge is 2.07. The molecule has 0 radical (unpaired) electrons. The molecule has 3 rings (SSSR count). The van der Waals surface area contributed by atoms with Crippen molar-refractivity contribution >= 4 is 51.9 Å². The van der Waals surface area contributed by atoms with Gasteiger partial charge in [-0.2, -0.15) is 15.0 Å². The molecule has 22 heavy (non-hydrogen) atoms. The second-order valence-corrected chi connectivity index (χ2v) is 5.31. The van der Waals surface area contributed by atoms with Crippen LogP contribution in [0.15, 0.2) is 24.4 Å². The minimum atomic E-state index is 0.0686. The number of halogens is 2. The highest BCUT2D eigenvalue weighted by atomic mass is 35.5. The molecule has 0 unspecified atom stereocenters. The molecule has 0 atom stereocenters. The van der Waals surface area contributed by atoms with Crippen molar-refractivity contribution in [3.05, 3.63) is 40.0 Å². The van der Waals surface area contributed by atoms with Gasteiger partial charge >= 0.3 is 0 Å². The summed E-state index contributed by atoms with van der Waals surface area (Å²) < 4.78 is 0. The first-order chi connectivity index (χ1) is 10.5. The van der Waals surface area contributed by atoms with E-state index in [1.54, 1.807) is 18.3 Å². The van der Waals surface area contributed by atoms with E-state index in [4.69, 9.17) is 34.7 Å². The molecule has 0 saturated carbocycles. The number of nitrogens with zero attached hydrogens (tertiary/aromatic N) is 4. The largest absolute Gasteiger partial charge is 0.383 e. The molecule has 0 amide bonds. The zero-order valence-corrected chi connectivity index (χ0v) is 12.7. The molecule has 9 heteroatoms. The summed E-state index contributed by atoms with van der Waals surface area (Å²) in [6.45, 7) is 0.485. The van der Waals surface area contributed by atoms with Crippen LogP contribution in [0.4, 0.5) is 17.7 Å². The number of rotatable bonds is 3. The lowest BCUT2D eigenvalue weighted by molar-refractivity contribution is 1.06. The molecule has 1 aromatic carbocycles. The minimum absolute atomic E-state index is 0.0686. The minimum Gasteiger partial charge on any atom is -0.383 e. The van der Waals surface area contributed by atoms with Gasteiger partial charge in [-0.1, -0.05) is 29.3 Å². The quantitative estimate of drug-likeness (QED) is 0.673. The molecule has 0 saturated heterocycles.